The molecule has 3 aromatic heterocycles. The Hall–Kier alpha value is -2.20. The van der Waals surface area contributed by atoms with Gasteiger partial charge in [-0.05, 0) is 31.2 Å². The van der Waals surface area contributed by atoms with E-state index in [1.165, 1.54) is 10.6 Å². The molecule has 1 aromatic carbocycles. The lowest BCUT2D eigenvalue weighted by atomic mass is 10.2. The Balaban J connectivity index is 2.08. The summed E-state index contributed by atoms with van der Waals surface area (Å²) in [6.07, 6.45) is 1.83. The van der Waals surface area contributed by atoms with E-state index in [1.807, 2.05) is 36.5 Å². The van der Waals surface area contributed by atoms with E-state index in [4.69, 9.17) is 0 Å². The molecule has 0 aliphatic heterocycles. The van der Waals surface area contributed by atoms with E-state index in [0.717, 1.165) is 21.7 Å². The van der Waals surface area contributed by atoms with E-state index in [0.29, 0.717) is 0 Å². The topological polar surface area (TPSA) is 30.2 Å². The molecule has 3 nitrogen and oxygen atoms in total. The zero-order chi connectivity index (χ0) is 12.8. The lowest BCUT2D eigenvalue weighted by molar-refractivity contribution is 1.17. The van der Waals surface area contributed by atoms with Gasteiger partial charge in [0.05, 0.1) is 21.6 Å². The van der Waals surface area contributed by atoms with Crippen molar-refractivity contribution in [1.29, 1.82) is 0 Å². The fraction of sp³-hybridized carbons (Fsp3) is 0.0667. The molecular formula is C15H11N3S. The summed E-state index contributed by atoms with van der Waals surface area (Å²) in [5, 5.41) is 0. The quantitative estimate of drug-likeness (QED) is 0.522. The molecule has 0 atom stereocenters. The molecule has 0 fully saturated rings. The number of aryl methyl sites for hydroxylation is 1. The maximum Gasteiger partial charge on any atom is 0.195 e. The Labute approximate surface area is 114 Å². The summed E-state index contributed by atoms with van der Waals surface area (Å²) in [4.78, 5) is 11.3. The standard InChI is InChI=1S/C15H11N3S/c1-10-14(12-7-4-5-9-16-12)19-15-17-11-6-2-3-8-13(11)18(10)15/h2-9H,1H3. The van der Waals surface area contributed by atoms with Crippen LogP contribution in [0.15, 0.2) is 48.7 Å². The number of imidazole rings is 1. The van der Waals surface area contributed by atoms with Crippen molar-refractivity contribution < 1.29 is 0 Å². The van der Waals surface area contributed by atoms with Crippen molar-refractivity contribution in [2.75, 3.05) is 0 Å². The molecule has 0 bridgehead atoms. The van der Waals surface area contributed by atoms with Gasteiger partial charge in [-0.25, -0.2) is 4.98 Å². The third kappa shape index (κ3) is 1.50. The monoisotopic (exact) mass is 265 g/mol. The number of para-hydroxylation sites is 2. The highest BCUT2D eigenvalue weighted by Crippen LogP contribution is 2.33. The van der Waals surface area contributed by atoms with Crippen molar-refractivity contribution in [2.24, 2.45) is 0 Å². The van der Waals surface area contributed by atoms with Crippen LogP contribution in [0.4, 0.5) is 0 Å². The fourth-order valence-electron chi connectivity index (χ4n) is 2.40. The van der Waals surface area contributed by atoms with Crippen molar-refractivity contribution >= 4 is 27.3 Å². The Bertz CT molecular complexity index is 874. The molecule has 0 unspecified atom stereocenters. The number of benzene rings is 1. The third-order valence-corrected chi connectivity index (χ3v) is 4.45. The number of hydrogen-bond donors (Lipinski definition) is 0. The van der Waals surface area contributed by atoms with Crippen molar-refractivity contribution in [3.05, 3.63) is 54.4 Å². The van der Waals surface area contributed by atoms with E-state index < -0.39 is 0 Å². The lowest BCUT2D eigenvalue weighted by Gasteiger charge is -1.99. The highest BCUT2D eigenvalue weighted by Gasteiger charge is 2.14. The van der Waals surface area contributed by atoms with E-state index in [1.54, 1.807) is 11.3 Å². The van der Waals surface area contributed by atoms with Crippen LogP contribution in [-0.2, 0) is 0 Å². The van der Waals surface area contributed by atoms with Gasteiger partial charge in [-0.2, -0.15) is 0 Å². The molecule has 19 heavy (non-hydrogen) atoms. The van der Waals surface area contributed by atoms with Gasteiger partial charge in [0.15, 0.2) is 4.96 Å². The predicted molar refractivity (Wildman–Crippen MR) is 78.5 cm³/mol. The molecule has 0 aliphatic carbocycles. The molecular weight excluding hydrogens is 254 g/mol. The van der Waals surface area contributed by atoms with Gasteiger partial charge in [-0.1, -0.05) is 29.5 Å². The average molecular weight is 265 g/mol. The molecule has 0 amide bonds. The summed E-state index contributed by atoms with van der Waals surface area (Å²) in [6, 6.07) is 14.2. The summed E-state index contributed by atoms with van der Waals surface area (Å²) in [6.45, 7) is 2.13. The number of aromatic nitrogens is 3. The summed E-state index contributed by atoms with van der Waals surface area (Å²) in [7, 11) is 0. The second-order valence-corrected chi connectivity index (χ2v) is 5.43. The molecule has 4 rings (SSSR count). The number of pyridine rings is 1. The number of fused-ring (bicyclic) bond motifs is 3. The van der Waals surface area contributed by atoms with Crippen LogP contribution < -0.4 is 0 Å². The van der Waals surface area contributed by atoms with Gasteiger partial charge < -0.3 is 0 Å². The minimum atomic E-state index is 1.01. The molecule has 0 N–H and O–H groups in total. The SMILES string of the molecule is Cc1c(-c2ccccn2)sc2nc3ccccc3n12. The van der Waals surface area contributed by atoms with Crippen LogP contribution in [0.25, 0.3) is 26.6 Å². The van der Waals surface area contributed by atoms with Crippen molar-refractivity contribution in [3.8, 4) is 10.6 Å². The van der Waals surface area contributed by atoms with E-state index in [2.05, 4.69) is 33.4 Å². The van der Waals surface area contributed by atoms with Gasteiger partial charge in [-0.15, -0.1) is 0 Å². The van der Waals surface area contributed by atoms with Crippen LogP contribution in [0.2, 0.25) is 0 Å². The Morgan fingerprint density at radius 1 is 1.05 bits per heavy atom. The van der Waals surface area contributed by atoms with Crippen LogP contribution in [-0.4, -0.2) is 14.4 Å². The summed E-state index contributed by atoms with van der Waals surface area (Å²) < 4.78 is 2.21. The molecule has 0 saturated heterocycles. The molecule has 4 aromatic rings. The average Bonchev–Trinajstić information content (AvgIpc) is 2.97. The first-order valence-corrected chi connectivity index (χ1v) is 6.94. The fourth-order valence-corrected chi connectivity index (χ4v) is 3.52. The Morgan fingerprint density at radius 3 is 2.74 bits per heavy atom. The van der Waals surface area contributed by atoms with Gasteiger partial charge in [0, 0.05) is 11.9 Å². The van der Waals surface area contributed by atoms with Crippen LogP contribution in [0.3, 0.4) is 0 Å². The second-order valence-electron chi connectivity index (χ2n) is 4.45. The molecule has 3 heterocycles. The summed E-state index contributed by atoms with van der Waals surface area (Å²) in [5.74, 6) is 0. The Morgan fingerprint density at radius 2 is 1.89 bits per heavy atom. The summed E-state index contributed by atoms with van der Waals surface area (Å²) in [5.41, 5.74) is 4.42. The maximum absolute atomic E-state index is 4.68. The van der Waals surface area contributed by atoms with Gasteiger partial charge in [0.1, 0.15) is 0 Å². The number of rotatable bonds is 1. The van der Waals surface area contributed by atoms with Crippen molar-refractivity contribution in [1.82, 2.24) is 14.4 Å². The first-order valence-electron chi connectivity index (χ1n) is 6.12. The molecule has 0 spiro atoms. The number of hydrogen-bond acceptors (Lipinski definition) is 3. The van der Waals surface area contributed by atoms with Gasteiger partial charge in [-0.3, -0.25) is 9.38 Å². The van der Waals surface area contributed by atoms with Crippen molar-refractivity contribution in [2.45, 2.75) is 6.92 Å². The van der Waals surface area contributed by atoms with Crippen LogP contribution >= 0.6 is 11.3 Å². The van der Waals surface area contributed by atoms with E-state index in [-0.39, 0.29) is 0 Å². The Kier molecular flexibility index (Phi) is 2.19. The summed E-state index contributed by atoms with van der Waals surface area (Å²) >= 11 is 1.69. The van der Waals surface area contributed by atoms with Gasteiger partial charge >= 0.3 is 0 Å². The highest BCUT2D eigenvalue weighted by molar-refractivity contribution is 7.20. The van der Waals surface area contributed by atoms with E-state index in [9.17, 15) is 0 Å². The van der Waals surface area contributed by atoms with Crippen molar-refractivity contribution in [3.63, 3.8) is 0 Å². The normalized spacial score (nSPS) is 11.4. The minimum Gasteiger partial charge on any atom is -0.287 e. The maximum atomic E-state index is 4.68. The molecule has 0 aliphatic rings. The second kappa shape index (κ2) is 3.90. The van der Waals surface area contributed by atoms with Crippen LogP contribution in [0, 0.1) is 6.92 Å². The van der Waals surface area contributed by atoms with Crippen LogP contribution in [0.5, 0.6) is 0 Å². The van der Waals surface area contributed by atoms with E-state index >= 15 is 0 Å². The molecule has 0 saturated carbocycles. The van der Waals surface area contributed by atoms with Gasteiger partial charge in [0.25, 0.3) is 0 Å². The zero-order valence-electron chi connectivity index (χ0n) is 10.4. The number of thiazole rings is 1. The number of nitrogens with zero attached hydrogens (tertiary/aromatic N) is 3. The largest absolute Gasteiger partial charge is 0.287 e. The van der Waals surface area contributed by atoms with Crippen LogP contribution in [0.1, 0.15) is 5.69 Å². The predicted octanol–water partition coefficient (Wildman–Crippen LogP) is 3.92. The zero-order valence-corrected chi connectivity index (χ0v) is 11.2. The highest BCUT2D eigenvalue weighted by atomic mass is 32.1. The lowest BCUT2D eigenvalue weighted by Crippen LogP contribution is -1.87. The smallest absolute Gasteiger partial charge is 0.195 e. The minimum absolute atomic E-state index is 1.01. The van der Waals surface area contributed by atoms with Gasteiger partial charge in [0.2, 0.25) is 0 Å². The molecule has 92 valence electrons. The first-order chi connectivity index (χ1) is 9.34. The first kappa shape index (κ1) is 10.7. The third-order valence-electron chi connectivity index (χ3n) is 3.28. The molecule has 0 radical (unpaired) electrons. The molecule has 4 heteroatoms.